The number of rotatable bonds is 2. The molecule has 1 unspecified atom stereocenters. The second kappa shape index (κ2) is 2.95. The van der Waals surface area contributed by atoms with E-state index in [9.17, 15) is 0 Å². The Kier molecular flexibility index (Phi) is 2.17. The molecule has 1 aromatic rings. The minimum atomic E-state index is 0.500. The van der Waals surface area contributed by atoms with E-state index in [1.165, 1.54) is 0 Å². The highest BCUT2D eigenvalue weighted by Crippen LogP contribution is 2.14. The lowest BCUT2D eigenvalue weighted by atomic mass is 10.2. The summed E-state index contributed by atoms with van der Waals surface area (Å²) in [4.78, 5) is 4.12. The quantitative estimate of drug-likeness (QED) is 0.703. The zero-order chi connectivity index (χ0) is 8.43. The molecule has 2 N–H and O–H groups in total. The summed E-state index contributed by atoms with van der Waals surface area (Å²) in [5, 5.41) is 0. The normalized spacial score (nSPS) is 13.4. The molecule has 0 radical (unpaired) electrons. The third-order valence-corrected chi connectivity index (χ3v) is 2.00. The number of hydrogen-bond donors (Lipinski definition) is 1. The highest BCUT2D eigenvalue weighted by molar-refractivity contribution is 5.25. The van der Waals surface area contributed by atoms with E-state index in [4.69, 9.17) is 5.73 Å². The minimum absolute atomic E-state index is 0.500. The Balaban J connectivity index is 2.93. The Morgan fingerprint density at radius 2 is 2.36 bits per heavy atom. The van der Waals surface area contributed by atoms with Gasteiger partial charge in [-0.15, -0.1) is 0 Å². The summed E-state index contributed by atoms with van der Waals surface area (Å²) in [5.41, 5.74) is 5.54. The predicted octanol–water partition coefficient (Wildman–Crippen LogP) is 1.74. The molecule has 0 aromatic carbocycles. The van der Waals surface area contributed by atoms with Gasteiger partial charge in [0.05, 0.1) is 0 Å². The molecule has 3 heteroatoms. The first kappa shape index (κ1) is 8.11. The van der Waals surface area contributed by atoms with Gasteiger partial charge in [0.1, 0.15) is 11.6 Å². The third kappa shape index (κ3) is 1.53. The van der Waals surface area contributed by atoms with Crippen molar-refractivity contribution in [3.63, 3.8) is 0 Å². The van der Waals surface area contributed by atoms with Gasteiger partial charge in [-0.1, -0.05) is 6.92 Å². The summed E-state index contributed by atoms with van der Waals surface area (Å²) < 4.78 is 2.11. The standard InChI is InChI=1S/C8H15N3/c1-4-6(2)11-5-8(9)10-7(11)3/h5-6H,4,9H2,1-3H3. The van der Waals surface area contributed by atoms with Crippen molar-refractivity contribution in [1.82, 2.24) is 9.55 Å². The lowest BCUT2D eigenvalue weighted by Crippen LogP contribution is -2.04. The molecule has 0 amide bonds. The molecule has 0 aliphatic heterocycles. The van der Waals surface area contributed by atoms with Crippen LogP contribution in [0.15, 0.2) is 6.20 Å². The van der Waals surface area contributed by atoms with E-state index < -0.39 is 0 Å². The summed E-state index contributed by atoms with van der Waals surface area (Å²) >= 11 is 0. The molecule has 3 nitrogen and oxygen atoms in total. The molecule has 0 fully saturated rings. The van der Waals surface area contributed by atoms with Crippen molar-refractivity contribution >= 4 is 5.82 Å². The van der Waals surface area contributed by atoms with Crippen molar-refractivity contribution < 1.29 is 0 Å². The molecule has 0 saturated heterocycles. The molecule has 0 aliphatic rings. The number of nitrogens with zero attached hydrogens (tertiary/aromatic N) is 2. The van der Waals surface area contributed by atoms with Crippen LogP contribution in [0.25, 0.3) is 0 Å². The van der Waals surface area contributed by atoms with Crippen LogP contribution in [0.4, 0.5) is 5.82 Å². The highest BCUT2D eigenvalue weighted by Gasteiger charge is 2.05. The van der Waals surface area contributed by atoms with Gasteiger partial charge in [0, 0.05) is 12.2 Å². The zero-order valence-corrected chi connectivity index (χ0v) is 7.33. The van der Waals surface area contributed by atoms with Crippen LogP contribution in [0.5, 0.6) is 0 Å². The van der Waals surface area contributed by atoms with E-state index in [2.05, 4.69) is 23.4 Å². The lowest BCUT2D eigenvalue weighted by Gasteiger charge is -2.11. The van der Waals surface area contributed by atoms with Gasteiger partial charge in [-0.05, 0) is 20.3 Å². The molecule has 11 heavy (non-hydrogen) atoms. The van der Waals surface area contributed by atoms with Crippen molar-refractivity contribution in [1.29, 1.82) is 0 Å². The number of anilines is 1. The van der Waals surface area contributed by atoms with E-state index in [0.717, 1.165) is 12.2 Å². The largest absolute Gasteiger partial charge is 0.382 e. The Bertz CT molecular complexity index is 239. The van der Waals surface area contributed by atoms with Crippen LogP contribution in [0, 0.1) is 6.92 Å². The summed E-state index contributed by atoms with van der Waals surface area (Å²) in [5.74, 6) is 1.61. The predicted molar refractivity (Wildman–Crippen MR) is 46.4 cm³/mol. The molecule has 0 aliphatic carbocycles. The van der Waals surface area contributed by atoms with Crippen molar-refractivity contribution in [2.75, 3.05) is 5.73 Å². The topological polar surface area (TPSA) is 43.8 Å². The maximum atomic E-state index is 5.54. The van der Waals surface area contributed by atoms with Gasteiger partial charge in [-0.3, -0.25) is 0 Å². The molecule has 1 rings (SSSR count). The maximum Gasteiger partial charge on any atom is 0.141 e. The number of nitrogen functional groups attached to an aromatic ring is 1. The minimum Gasteiger partial charge on any atom is -0.382 e. The number of nitrogens with two attached hydrogens (primary N) is 1. The third-order valence-electron chi connectivity index (χ3n) is 2.00. The van der Waals surface area contributed by atoms with Crippen molar-refractivity contribution in [3.8, 4) is 0 Å². The summed E-state index contributed by atoms with van der Waals surface area (Å²) in [6, 6.07) is 0.500. The van der Waals surface area contributed by atoms with Crippen LogP contribution in [-0.4, -0.2) is 9.55 Å². The van der Waals surface area contributed by atoms with Crippen LogP contribution >= 0.6 is 0 Å². The number of aromatic nitrogens is 2. The van der Waals surface area contributed by atoms with Crippen LogP contribution < -0.4 is 5.73 Å². The zero-order valence-electron chi connectivity index (χ0n) is 7.33. The average Bonchev–Trinajstić information content (AvgIpc) is 2.28. The number of hydrogen-bond acceptors (Lipinski definition) is 2. The first-order valence-corrected chi connectivity index (χ1v) is 3.96. The Hall–Kier alpha value is -0.990. The van der Waals surface area contributed by atoms with Gasteiger partial charge < -0.3 is 10.3 Å². The van der Waals surface area contributed by atoms with E-state index in [-0.39, 0.29) is 0 Å². The smallest absolute Gasteiger partial charge is 0.141 e. The number of imidazole rings is 1. The van der Waals surface area contributed by atoms with Crippen LogP contribution in [0.3, 0.4) is 0 Å². The Morgan fingerprint density at radius 3 is 2.73 bits per heavy atom. The second-order valence-corrected chi connectivity index (χ2v) is 2.88. The molecule has 0 bridgehead atoms. The van der Waals surface area contributed by atoms with Gasteiger partial charge in [-0.25, -0.2) is 4.98 Å². The fourth-order valence-corrected chi connectivity index (χ4v) is 1.15. The van der Waals surface area contributed by atoms with E-state index in [1.807, 2.05) is 13.1 Å². The maximum absolute atomic E-state index is 5.54. The van der Waals surface area contributed by atoms with E-state index in [1.54, 1.807) is 0 Å². The Morgan fingerprint density at radius 1 is 1.73 bits per heavy atom. The van der Waals surface area contributed by atoms with Crippen LogP contribution in [-0.2, 0) is 0 Å². The van der Waals surface area contributed by atoms with Gasteiger partial charge in [0.2, 0.25) is 0 Å². The van der Waals surface area contributed by atoms with E-state index >= 15 is 0 Å². The first-order valence-electron chi connectivity index (χ1n) is 3.96. The summed E-state index contributed by atoms with van der Waals surface area (Å²) in [6.07, 6.45) is 3.00. The highest BCUT2D eigenvalue weighted by atomic mass is 15.1. The molecule has 1 heterocycles. The van der Waals surface area contributed by atoms with Gasteiger partial charge in [-0.2, -0.15) is 0 Å². The SMILES string of the molecule is CCC(C)n1cc(N)nc1C. The Labute approximate surface area is 67.2 Å². The van der Waals surface area contributed by atoms with Crippen LogP contribution in [0.2, 0.25) is 0 Å². The van der Waals surface area contributed by atoms with E-state index in [0.29, 0.717) is 11.9 Å². The molecule has 62 valence electrons. The van der Waals surface area contributed by atoms with Crippen molar-refractivity contribution in [2.45, 2.75) is 33.2 Å². The van der Waals surface area contributed by atoms with Gasteiger partial charge in [0.15, 0.2) is 0 Å². The second-order valence-electron chi connectivity index (χ2n) is 2.88. The number of aryl methyl sites for hydroxylation is 1. The average molecular weight is 153 g/mol. The fraction of sp³-hybridized carbons (Fsp3) is 0.625. The molecule has 0 saturated carbocycles. The monoisotopic (exact) mass is 153 g/mol. The lowest BCUT2D eigenvalue weighted by molar-refractivity contribution is 0.518. The van der Waals surface area contributed by atoms with Gasteiger partial charge in [0.25, 0.3) is 0 Å². The van der Waals surface area contributed by atoms with Gasteiger partial charge >= 0.3 is 0 Å². The molecular weight excluding hydrogens is 138 g/mol. The summed E-state index contributed by atoms with van der Waals surface area (Å²) in [6.45, 7) is 6.29. The fourth-order valence-electron chi connectivity index (χ4n) is 1.15. The van der Waals surface area contributed by atoms with Crippen molar-refractivity contribution in [2.24, 2.45) is 0 Å². The molecule has 1 aromatic heterocycles. The van der Waals surface area contributed by atoms with Crippen LogP contribution in [0.1, 0.15) is 32.1 Å². The molecule has 1 atom stereocenters. The molecular formula is C8H15N3. The first-order chi connectivity index (χ1) is 5.15. The molecule has 0 spiro atoms. The summed E-state index contributed by atoms with van der Waals surface area (Å²) in [7, 11) is 0. The van der Waals surface area contributed by atoms with Crippen molar-refractivity contribution in [3.05, 3.63) is 12.0 Å².